The van der Waals surface area contributed by atoms with Gasteiger partial charge in [0.1, 0.15) is 5.69 Å². The maximum Gasteiger partial charge on any atom is 0.119 e. The monoisotopic (exact) mass is 383 g/mol. The molecule has 0 spiro atoms. The molecule has 0 bridgehead atoms. The molecule has 0 radical (unpaired) electrons. The van der Waals surface area contributed by atoms with Crippen molar-refractivity contribution >= 4 is 10.9 Å². The molecular weight excluding hydrogens is 358 g/mol. The molecule has 0 atom stereocenters. The van der Waals surface area contributed by atoms with Crippen molar-refractivity contribution in [3.63, 3.8) is 0 Å². The number of pyridine rings is 2. The van der Waals surface area contributed by atoms with E-state index in [4.69, 9.17) is 5.10 Å². The van der Waals surface area contributed by atoms with Gasteiger partial charge in [0.2, 0.25) is 0 Å². The number of nitrogens with zero attached hydrogens (tertiary/aromatic N) is 4. The van der Waals surface area contributed by atoms with Gasteiger partial charge in [0.05, 0.1) is 11.2 Å². The molecule has 0 fully saturated rings. The highest BCUT2D eigenvalue weighted by Crippen LogP contribution is 2.39. The van der Waals surface area contributed by atoms with E-state index in [-0.39, 0.29) is 0 Å². The minimum absolute atomic E-state index is 0.929. The first-order valence-electron chi connectivity index (χ1n) is 10.4. The van der Waals surface area contributed by atoms with Crippen LogP contribution >= 0.6 is 0 Å². The number of nitrogens with one attached hydrogen (secondary N) is 1. The summed E-state index contributed by atoms with van der Waals surface area (Å²) in [7, 11) is 2.00. The quantitative estimate of drug-likeness (QED) is 0.506. The predicted octanol–water partition coefficient (Wildman–Crippen LogP) is 4.26. The molecule has 1 aliphatic rings. The van der Waals surface area contributed by atoms with Crippen LogP contribution in [0.1, 0.15) is 24.1 Å². The van der Waals surface area contributed by atoms with Gasteiger partial charge in [-0.3, -0.25) is 14.6 Å². The summed E-state index contributed by atoms with van der Waals surface area (Å²) >= 11 is 0. The van der Waals surface area contributed by atoms with Gasteiger partial charge in [-0.15, -0.1) is 0 Å². The lowest BCUT2D eigenvalue weighted by molar-refractivity contribution is 0.658. The van der Waals surface area contributed by atoms with Crippen LogP contribution in [0.4, 0.5) is 0 Å². The summed E-state index contributed by atoms with van der Waals surface area (Å²) in [5.74, 6) is 0. The lowest BCUT2D eigenvalue weighted by atomic mass is 9.95. The van der Waals surface area contributed by atoms with Gasteiger partial charge in [-0.2, -0.15) is 5.10 Å². The molecule has 5 rings (SSSR count). The van der Waals surface area contributed by atoms with Crippen LogP contribution in [0.2, 0.25) is 0 Å². The normalized spacial score (nSPS) is 13.1. The third kappa shape index (κ3) is 3.32. The van der Waals surface area contributed by atoms with Crippen LogP contribution in [0.15, 0.2) is 54.9 Å². The topological polar surface area (TPSA) is 55.6 Å². The van der Waals surface area contributed by atoms with Crippen LogP contribution in [0, 0.1) is 0 Å². The Balaban J connectivity index is 1.64. The molecule has 3 aromatic heterocycles. The third-order valence-corrected chi connectivity index (χ3v) is 5.72. The zero-order valence-corrected chi connectivity index (χ0v) is 16.7. The predicted molar refractivity (Wildman–Crippen MR) is 117 cm³/mol. The van der Waals surface area contributed by atoms with Gasteiger partial charge < -0.3 is 5.32 Å². The van der Waals surface area contributed by atoms with E-state index in [1.807, 2.05) is 37.6 Å². The van der Waals surface area contributed by atoms with E-state index in [9.17, 15) is 0 Å². The summed E-state index contributed by atoms with van der Waals surface area (Å²) in [6.45, 7) is 2.01. The molecular formula is C24H25N5. The second-order valence-electron chi connectivity index (χ2n) is 7.63. The van der Waals surface area contributed by atoms with E-state index < -0.39 is 0 Å². The Morgan fingerprint density at radius 2 is 2.03 bits per heavy atom. The van der Waals surface area contributed by atoms with E-state index in [2.05, 4.69) is 44.2 Å². The SMILES string of the molecule is CNCCCc1ccc2c(-c3c(-c4ccccn4)nn4c3CCC4)ccnc2c1. The maximum absolute atomic E-state index is 4.94. The summed E-state index contributed by atoms with van der Waals surface area (Å²) in [5, 5.41) is 9.34. The third-order valence-electron chi connectivity index (χ3n) is 5.72. The van der Waals surface area contributed by atoms with Crippen molar-refractivity contribution in [2.45, 2.75) is 32.2 Å². The van der Waals surface area contributed by atoms with Gasteiger partial charge >= 0.3 is 0 Å². The van der Waals surface area contributed by atoms with E-state index in [1.165, 1.54) is 27.8 Å². The van der Waals surface area contributed by atoms with Crippen molar-refractivity contribution in [3.05, 3.63) is 66.1 Å². The zero-order valence-electron chi connectivity index (χ0n) is 16.7. The zero-order chi connectivity index (χ0) is 19.6. The van der Waals surface area contributed by atoms with Crippen LogP contribution in [-0.4, -0.2) is 33.3 Å². The van der Waals surface area contributed by atoms with E-state index in [0.29, 0.717) is 0 Å². The Morgan fingerprint density at radius 1 is 1.07 bits per heavy atom. The van der Waals surface area contributed by atoms with Gasteiger partial charge in [-0.25, -0.2) is 0 Å². The molecule has 146 valence electrons. The highest BCUT2D eigenvalue weighted by Gasteiger charge is 2.25. The number of benzene rings is 1. The second kappa shape index (κ2) is 7.76. The van der Waals surface area contributed by atoms with Crippen molar-refractivity contribution in [2.75, 3.05) is 13.6 Å². The molecule has 1 aromatic carbocycles. The number of fused-ring (bicyclic) bond motifs is 2. The molecule has 0 amide bonds. The lowest BCUT2D eigenvalue weighted by Gasteiger charge is -2.10. The highest BCUT2D eigenvalue weighted by atomic mass is 15.3. The molecule has 5 heteroatoms. The summed E-state index contributed by atoms with van der Waals surface area (Å²) in [4.78, 5) is 9.26. The maximum atomic E-state index is 4.94. The first-order valence-corrected chi connectivity index (χ1v) is 10.4. The fraction of sp³-hybridized carbons (Fsp3) is 0.292. The van der Waals surface area contributed by atoms with Crippen LogP contribution < -0.4 is 5.32 Å². The summed E-state index contributed by atoms with van der Waals surface area (Å²) in [5.41, 5.74) is 8.04. The van der Waals surface area contributed by atoms with Crippen molar-refractivity contribution in [2.24, 2.45) is 0 Å². The van der Waals surface area contributed by atoms with Gasteiger partial charge in [-0.05, 0) is 74.7 Å². The van der Waals surface area contributed by atoms with Crippen LogP contribution in [-0.2, 0) is 19.4 Å². The Morgan fingerprint density at radius 3 is 2.90 bits per heavy atom. The van der Waals surface area contributed by atoms with Gasteiger partial charge in [0, 0.05) is 35.6 Å². The van der Waals surface area contributed by atoms with Crippen molar-refractivity contribution < 1.29 is 0 Å². The van der Waals surface area contributed by atoms with E-state index >= 15 is 0 Å². The van der Waals surface area contributed by atoms with Gasteiger partial charge in [0.15, 0.2) is 0 Å². The minimum Gasteiger partial charge on any atom is -0.320 e. The molecule has 0 aliphatic carbocycles. The minimum atomic E-state index is 0.929. The van der Waals surface area contributed by atoms with Gasteiger partial charge in [-0.1, -0.05) is 18.2 Å². The Bertz CT molecular complexity index is 1150. The molecule has 1 aliphatic heterocycles. The molecule has 4 heterocycles. The molecule has 5 nitrogen and oxygen atoms in total. The lowest BCUT2D eigenvalue weighted by Crippen LogP contribution is -2.08. The Hall–Kier alpha value is -3.05. The first-order chi connectivity index (χ1) is 14.3. The number of rotatable bonds is 6. The van der Waals surface area contributed by atoms with Crippen LogP contribution in [0.3, 0.4) is 0 Å². The van der Waals surface area contributed by atoms with E-state index in [1.54, 1.807) is 0 Å². The summed E-state index contributed by atoms with van der Waals surface area (Å²) in [6.07, 6.45) is 8.16. The summed E-state index contributed by atoms with van der Waals surface area (Å²) in [6, 6.07) is 14.9. The number of hydrogen-bond acceptors (Lipinski definition) is 4. The van der Waals surface area contributed by atoms with E-state index in [0.717, 1.165) is 55.7 Å². The van der Waals surface area contributed by atoms with Crippen LogP contribution in [0.25, 0.3) is 33.4 Å². The van der Waals surface area contributed by atoms with Gasteiger partial charge in [0.25, 0.3) is 0 Å². The average Bonchev–Trinajstić information content (AvgIpc) is 3.35. The second-order valence-corrected chi connectivity index (χ2v) is 7.63. The largest absolute Gasteiger partial charge is 0.320 e. The standard InChI is InChI=1S/C24H25N5/c1-25-12-4-6-17-9-10-18-19(11-14-27-21(18)16-17)23-22-8-5-15-29(22)28-24(23)20-7-2-3-13-26-20/h2-3,7,9-11,13-14,16,25H,4-6,8,12,15H2,1H3. The van der Waals surface area contributed by atoms with Crippen molar-refractivity contribution in [1.29, 1.82) is 0 Å². The first kappa shape index (κ1) is 18.0. The molecule has 29 heavy (non-hydrogen) atoms. The molecule has 1 N–H and O–H groups in total. The number of aryl methyl sites for hydroxylation is 2. The Kier molecular flexibility index (Phi) is 4.82. The highest BCUT2D eigenvalue weighted by molar-refractivity contribution is 5.98. The molecule has 0 unspecified atom stereocenters. The average molecular weight is 383 g/mol. The smallest absolute Gasteiger partial charge is 0.119 e. The fourth-order valence-corrected chi connectivity index (χ4v) is 4.33. The summed E-state index contributed by atoms with van der Waals surface area (Å²) < 4.78 is 2.16. The molecule has 0 saturated carbocycles. The molecule has 4 aromatic rings. The Labute approximate surface area is 170 Å². The van der Waals surface area contributed by atoms with Crippen molar-refractivity contribution in [1.82, 2.24) is 25.1 Å². The van der Waals surface area contributed by atoms with Crippen LogP contribution in [0.5, 0.6) is 0 Å². The number of aromatic nitrogens is 4. The molecule has 0 saturated heterocycles. The number of hydrogen-bond donors (Lipinski definition) is 1. The fourth-order valence-electron chi connectivity index (χ4n) is 4.33. The van der Waals surface area contributed by atoms with Crippen molar-refractivity contribution in [3.8, 4) is 22.5 Å².